The molecule has 0 saturated carbocycles. The molecule has 5 aromatic carbocycles. The maximum atomic E-state index is 15.5. The smallest absolute Gasteiger partial charge is 0.356 e. The lowest BCUT2D eigenvalue weighted by Gasteiger charge is -2.44. The Morgan fingerprint density at radius 3 is 2.11 bits per heavy atom. The summed E-state index contributed by atoms with van der Waals surface area (Å²) in [5, 5.41) is 9.74. The summed E-state index contributed by atoms with van der Waals surface area (Å²) in [4.78, 5) is 49.7. The summed E-state index contributed by atoms with van der Waals surface area (Å²) in [5.74, 6) is -0.110. The average molecular weight is 998 g/mol. The Bertz CT molecular complexity index is 2730. The van der Waals surface area contributed by atoms with Crippen molar-refractivity contribution >= 4 is 63.0 Å². The molecule has 1 fully saturated rings. The van der Waals surface area contributed by atoms with Gasteiger partial charge in [0.2, 0.25) is 23.0 Å². The number of halogens is 1. The summed E-state index contributed by atoms with van der Waals surface area (Å²) in [6, 6.07) is 46.4. The second-order valence-corrected chi connectivity index (χ2v) is 17.1. The summed E-state index contributed by atoms with van der Waals surface area (Å²) in [6.07, 6.45) is 2.10. The van der Waals surface area contributed by atoms with Crippen molar-refractivity contribution in [1.29, 1.82) is 0 Å². The number of anilines is 1. The van der Waals surface area contributed by atoms with Gasteiger partial charge in [0.15, 0.2) is 6.54 Å². The topological polar surface area (TPSA) is 114 Å². The van der Waals surface area contributed by atoms with Crippen molar-refractivity contribution < 1.29 is 52.4 Å². The number of amides is 2. The van der Waals surface area contributed by atoms with Gasteiger partial charge in [0.05, 0.1) is 41.2 Å². The first-order valence-corrected chi connectivity index (χ1v) is 22.6. The normalized spacial score (nSPS) is 15.0. The molecule has 9 rings (SSSR count). The number of benzene rings is 5. The van der Waals surface area contributed by atoms with E-state index in [1.807, 2.05) is 107 Å². The Labute approximate surface area is 397 Å². The molecule has 10 nitrogen and oxygen atoms in total. The first kappa shape index (κ1) is 44.5. The van der Waals surface area contributed by atoms with Gasteiger partial charge in [0, 0.05) is 22.6 Å². The molecule has 322 valence electrons. The summed E-state index contributed by atoms with van der Waals surface area (Å²) in [6.45, 7) is 4.42. The fourth-order valence-electron chi connectivity index (χ4n) is 8.48. The number of aromatic nitrogens is 2. The van der Waals surface area contributed by atoms with Crippen molar-refractivity contribution in [2.24, 2.45) is 0 Å². The Morgan fingerprint density at radius 2 is 1.53 bits per heavy atom. The lowest BCUT2D eigenvalue weighted by molar-refractivity contribution is -0.662. The molecule has 2 atom stereocenters. The largest absolute Gasteiger partial charge is 1.00 e. The summed E-state index contributed by atoms with van der Waals surface area (Å²) in [7, 11) is 1.59. The molecule has 0 spiro atoms. The molecule has 64 heavy (non-hydrogen) atoms. The third-order valence-electron chi connectivity index (χ3n) is 11.5. The van der Waals surface area contributed by atoms with Crippen molar-refractivity contribution in [3.8, 4) is 5.75 Å². The van der Waals surface area contributed by atoms with E-state index in [1.165, 1.54) is 11.3 Å². The second kappa shape index (κ2) is 19.7. The van der Waals surface area contributed by atoms with Crippen molar-refractivity contribution in [1.82, 2.24) is 15.2 Å². The predicted molar refractivity (Wildman–Crippen MR) is 248 cm³/mol. The van der Waals surface area contributed by atoms with Crippen LogP contribution in [0.4, 0.5) is 5.69 Å². The van der Waals surface area contributed by atoms with E-state index in [1.54, 1.807) is 47.5 Å². The van der Waals surface area contributed by atoms with Crippen molar-refractivity contribution in [2.75, 3.05) is 18.2 Å². The Hall–Kier alpha value is -6.13. The van der Waals surface area contributed by atoms with Crippen LogP contribution in [0.25, 0.3) is 16.5 Å². The SMILES string of the molecule is C=CC[n+]1c(C2=C(C(=O)OCc3ccc(OC)cc3)N3C(=O)CC3SC2)c(NC(=O)C(NC(c2ccccc2)(c2ccccc2)c2ccccc2)c2cscn2)cc2ccccc21.[I-]. The molecular formula is C51H44IN5O5S2. The molecule has 2 amide bonds. The number of nitrogens with one attached hydrogen (secondary N) is 2. The fraction of sp³-hybridized carbons (Fsp3) is 0.157. The van der Waals surface area contributed by atoms with Crippen LogP contribution in [0.15, 0.2) is 175 Å². The highest BCUT2D eigenvalue weighted by molar-refractivity contribution is 8.00. The highest BCUT2D eigenvalue weighted by Crippen LogP contribution is 2.45. The number of para-hydroxylation sites is 1. The Kier molecular flexibility index (Phi) is 13.7. The Balaban J connectivity index is 0.00000560. The molecule has 13 heteroatoms. The fourth-order valence-corrected chi connectivity index (χ4v) is 10.3. The maximum absolute atomic E-state index is 15.5. The number of fused-ring (bicyclic) bond motifs is 2. The van der Waals surface area contributed by atoms with E-state index in [9.17, 15) is 9.59 Å². The van der Waals surface area contributed by atoms with E-state index < -0.39 is 17.6 Å². The molecule has 2 N–H and O–H groups in total. The average Bonchev–Trinajstić information content (AvgIpc) is 3.87. The number of allylic oxidation sites excluding steroid dienone is 1. The second-order valence-electron chi connectivity index (χ2n) is 15.2. The minimum absolute atomic E-state index is 0. The molecule has 2 unspecified atom stereocenters. The Morgan fingerprint density at radius 1 is 0.906 bits per heavy atom. The highest BCUT2D eigenvalue weighted by Gasteiger charge is 2.48. The van der Waals surface area contributed by atoms with Gasteiger partial charge in [-0.25, -0.2) is 9.78 Å². The number of rotatable bonds is 15. The van der Waals surface area contributed by atoms with E-state index in [2.05, 4.69) is 53.6 Å². The number of thiazole rings is 1. The van der Waals surface area contributed by atoms with E-state index in [-0.39, 0.29) is 53.5 Å². The molecule has 2 aliphatic heterocycles. The zero-order chi connectivity index (χ0) is 43.3. The standard InChI is InChI=1S/C51H43N5O5S2.HI/c1-3-27-55-43-22-14-13-15-35(43)28-41(47(55)40-31-63-45-29-44(57)56(45)48(40)50(59)61-30-34-23-25-39(60-2)26-24-34)53-49(58)46(42-32-62-33-52-42)54-51(36-16-7-4-8-17-36,37-18-9-5-10-19-37)38-20-11-6-12-21-38;/h3-26,28,32-33,45-46,54H,1,27,29-31H2,2H3;1H. The summed E-state index contributed by atoms with van der Waals surface area (Å²) < 4.78 is 13.4. The number of hydrogen-bond acceptors (Lipinski definition) is 9. The summed E-state index contributed by atoms with van der Waals surface area (Å²) in [5.41, 5.74) is 7.42. The van der Waals surface area contributed by atoms with E-state index in [0.29, 0.717) is 47.1 Å². The number of thioether (sulfide) groups is 1. The van der Waals surface area contributed by atoms with E-state index >= 15 is 4.79 Å². The zero-order valence-electron chi connectivity index (χ0n) is 34.9. The molecule has 2 aliphatic rings. The zero-order valence-corrected chi connectivity index (χ0v) is 38.6. The van der Waals surface area contributed by atoms with Crippen LogP contribution in [0.5, 0.6) is 5.75 Å². The molecule has 1 saturated heterocycles. The van der Waals surface area contributed by atoms with Crippen LogP contribution in [0.1, 0.15) is 46.1 Å². The number of carbonyl (C=O) groups is 3. The van der Waals surface area contributed by atoms with Gasteiger partial charge in [-0.05, 0) is 52.6 Å². The molecule has 2 aromatic heterocycles. The molecule has 0 aliphatic carbocycles. The minimum Gasteiger partial charge on any atom is -1.00 e. The number of pyridine rings is 1. The number of nitrogens with zero attached hydrogens (tertiary/aromatic N) is 3. The van der Waals surface area contributed by atoms with Gasteiger partial charge in [-0.1, -0.05) is 122 Å². The van der Waals surface area contributed by atoms with Gasteiger partial charge < -0.3 is 38.8 Å². The number of β-lactam (4-membered cyclic amide) rings is 1. The quantitative estimate of drug-likeness (QED) is 0.0331. The lowest BCUT2D eigenvalue weighted by Crippen LogP contribution is -3.00. The van der Waals surface area contributed by atoms with Crippen LogP contribution in [-0.4, -0.2) is 45.9 Å². The van der Waals surface area contributed by atoms with Crippen LogP contribution in [-0.2, 0) is 37.8 Å². The van der Waals surface area contributed by atoms with E-state index in [0.717, 1.165) is 33.2 Å². The lowest BCUT2D eigenvalue weighted by atomic mass is 9.76. The van der Waals surface area contributed by atoms with E-state index in [4.69, 9.17) is 14.5 Å². The highest BCUT2D eigenvalue weighted by atomic mass is 127. The third-order valence-corrected chi connectivity index (χ3v) is 13.3. The van der Waals surface area contributed by atoms with Crippen molar-refractivity contribution in [2.45, 2.75) is 36.5 Å². The monoisotopic (exact) mass is 997 g/mol. The van der Waals surface area contributed by atoms with Crippen LogP contribution in [0.2, 0.25) is 0 Å². The number of hydrogen-bond donors (Lipinski definition) is 2. The first-order valence-electron chi connectivity index (χ1n) is 20.6. The van der Waals surface area contributed by atoms with Gasteiger partial charge in [-0.15, -0.1) is 23.1 Å². The number of carbonyl (C=O) groups excluding carboxylic acids is 3. The number of esters is 1. The van der Waals surface area contributed by atoms with Gasteiger partial charge in [0.25, 0.3) is 0 Å². The molecule has 7 aromatic rings. The van der Waals surface area contributed by atoms with Gasteiger partial charge in [-0.3, -0.25) is 19.8 Å². The molecule has 0 radical (unpaired) electrons. The minimum atomic E-state index is -1.01. The van der Waals surface area contributed by atoms with Crippen LogP contribution >= 0.6 is 23.1 Å². The molecule has 0 bridgehead atoms. The summed E-state index contributed by atoms with van der Waals surface area (Å²) >= 11 is 2.98. The van der Waals surface area contributed by atoms with Gasteiger partial charge in [-0.2, -0.15) is 4.57 Å². The van der Waals surface area contributed by atoms with Gasteiger partial charge >= 0.3 is 5.97 Å². The van der Waals surface area contributed by atoms with Gasteiger partial charge in [0.1, 0.15) is 29.8 Å². The van der Waals surface area contributed by atoms with Crippen molar-refractivity contribution in [3.63, 3.8) is 0 Å². The molecular weight excluding hydrogens is 954 g/mol. The number of ether oxygens (including phenoxy) is 2. The predicted octanol–water partition coefficient (Wildman–Crippen LogP) is 5.80. The number of methoxy groups -OCH3 is 1. The molecule has 4 heterocycles. The van der Waals surface area contributed by atoms with Crippen LogP contribution in [0.3, 0.4) is 0 Å². The van der Waals surface area contributed by atoms with Crippen LogP contribution < -0.4 is 43.9 Å². The van der Waals surface area contributed by atoms with Crippen molar-refractivity contribution in [3.05, 3.63) is 208 Å². The third kappa shape index (κ3) is 8.60. The first-order chi connectivity index (χ1) is 30.9. The maximum Gasteiger partial charge on any atom is 0.356 e. The van der Waals surface area contributed by atoms with Crippen LogP contribution in [0, 0.1) is 0 Å².